The van der Waals surface area contributed by atoms with Crippen LogP contribution >= 0.6 is 23.1 Å². The molecule has 1 aliphatic rings. The third-order valence-corrected chi connectivity index (χ3v) is 7.51. The Hall–Kier alpha value is -2.91. The van der Waals surface area contributed by atoms with E-state index in [0.29, 0.717) is 18.2 Å². The Balaban J connectivity index is 1.33. The molecule has 7 nitrogen and oxygen atoms in total. The minimum atomic E-state index is 0.0116. The fraction of sp³-hybridized carbons (Fsp3) is 0.304. The molecule has 0 spiro atoms. The molecule has 0 unspecified atom stereocenters. The van der Waals surface area contributed by atoms with E-state index in [4.69, 9.17) is 9.40 Å². The molecule has 9 heteroatoms. The maximum absolute atomic E-state index is 13.4. The normalized spacial score (nSPS) is 13.1. The average molecular weight is 466 g/mol. The summed E-state index contributed by atoms with van der Waals surface area (Å²) < 4.78 is 7.31. The van der Waals surface area contributed by atoms with Crippen molar-refractivity contribution in [2.45, 2.75) is 43.9 Å². The molecule has 0 bridgehead atoms. The number of thioether (sulfide) groups is 1. The molecule has 0 atom stereocenters. The fourth-order valence-electron chi connectivity index (χ4n) is 3.72. The van der Waals surface area contributed by atoms with E-state index >= 15 is 0 Å². The first-order valence-electron chi connectivity index (χ1n) is 10.6. The number of thiazole rings is 1. The summed E-state index contributed by atoms with van der Waals surface area (Å²) in [5.41, 5.74) is 2.24. The number of amides is 1. The lowest BCUT2D eigenvalue weighted by atomic mass is 10.0. The minimum Gasteiger partial charge on any atom is -0.467 e. The Morgan fingerprint density at radius 2 is 2.03 bits per heavy atom. The number of anilines is 1. The van der Waals surface area contributed by atoms with Crippen molar-refractivity contribution in [3.8, 4) is 0 Å². The lowest BCUT2D eigenvalue weighted by Crippen LogP contribution is -2.32. The molecule has 1 amide bonds. The van der Waals surface area contributed by atoms with Crippen LogP contribution in [0.4, 0.5) is 5.13 Å². The molecule has 3 aromatic heterocycles. The first-order chi connectivity index (χ1) is 15.8. The van der Waals surface area contributed by atoms with Gasteiger partial charge in [0, 0.05) is 4.88 Å². The zero-order valence-electron chi connectivity index (χ0n) is 17.5. The molecule has 4 aromatic rings. The van der Waals surface area contributed by atoms with Gasteiger partial charge in [0.1, 0.15) is 12.1 Å². The Kier molecular flexibility index (Phi) is 6.36. The van der Waals surface area contributed by atoms with Gasteiger partial charge in [-0.25, -0.2) is 4.98 Å². The summed E-state index contributed by atoms with van der Waals surface area (Å²) in [6.07, 6.45) is 7.73. The van der Waals surface area contributed by atoms with Crippen molar-refractivity contribution in [2.24, 2.45) is 0 Å². The van der Waals surface area contributed by atoms with Gasteiger partial charge < -0.3 is 8.98 Å². The SMILES string of the molecule is O=C(CSc1nncn1Cc1ccco1)N(Cc1ccccc1)c1nc2c(s1)CCCC2. The molecule has 0 saturated heterocycles. The van der Waals surface area contributed by atoms with Crippen LogP contribution in [-0.2, 0) is 30.7 Å². The largest absolute Gasteiger partial charge is 0.467 e. The maximum atomic E-state index is 13.4. The highest BCUT2D eigenvalue weighted by atomic mass is 32.2. The summed E-state index contributed by atoms with van der Waals surface area (Å²) in [6.45, 7) is 1.04. The molecular formula is C23H23N5O2S2. The van der Waals surface area contributed by atoms with Gasteiger partial charge in [-0.3, -0.25) is 9.69 Å². The van der Waals surface area contributed by atoms with Crippen molar-refractivity contribution >= 4 is 34.1 Å². The van der Waals surface area contributed by atoms with Crippen molar-refractivity contribution in [1.82, 2.24) is 19.7 Å². The van der Waals surface area contributed by atoms with E-state index in [1.807, 2.05) is 51.9 Å². The van der Waals surface area contributed by atoms with Crippen molar-refractivity contribution in [2.75, 3.05) is 10.7 Å². The first-order valence-corrected chi connectivity index (χ1v) is 12.4. The number of aryl methyl sites for hydroxylation is 2. The van der Waals surface area contributed by atoms with Gasteiger partial charge in [-0.15, -0.1) is 21.5 Å². The number of benzene rings is 1. The number of aromatic nitrogens is 4. The van der Waals surface area contributed by atoms with Crippen LogP contribution in [0.1, 0.15) is 34.7 Å². The second-order valence-electron chi connectivity index (χ2n) is 7.65. The standard InChI is InChI=1S/C23H23N5O2S2/c29-21(15-31-23-26-24-16-27(23)14-18-9-6-12-30-18)28(13-17-7-2-1-3-8-17)22-25-19-10-4-5-11-20(19)32-22/h1-3,6-9,12,16H,4-5,10-11,13-15H2. The molecule has 1 aliphatic carbocycles. The van der Waals surface area contributed by atoms with E-state index in [-0.39, 0.29) is 11.7 Å². The summed E-state index contributed by atoms with van der Waals surface area (Å²) >= 11 is 3.04. The van der Waals surface area contributed by atoms with Gasteiger partial charge in [-0.05, 0) is 43.4 Å². The van der Waals surface area contributed by atoms with Crippen LogP contribution in [0.3, 0.4) is 0 Å². The predicted octanol–water partition coefficient (Wildman–Crippen LogP) is 4.58. The Bertz CT molecular complexity index is 1150. The highest BCUT2D eigenvalue weighted by Gasteiger charge is 2.24. The smallest absolute Gasteiger partial charge is 0.239 e. The molecule has 164 valence electrons. The Morgan fingerprint density at radius 1 is 1.16 bits per heavy atom. The van der Waals surface area contributed by atoms with E-state index < -0.39 is 0 Å². The Morgan fingerprint density at radius 3 is 2.84 bits per heavy atom. The van der Waals surface area contributed by atoms with Crippen molar-refractivity contribution in [1.29, 1.82) is 0 Å². The van der Waals surface area contributed by atoms with E-state index in [2.05, 4.69) is 10.2 Å². The van der Waals surface area contributed by atoms with Gasteiger partial charge in [0.25, 0.3) is 0 Å². The molecule has 32 heavy (non-hydrogen) atoms. The fourth-order valence-corrected chi connectivity index (χ4v) is 5.68. The molecule has 3 heterocycles. The number of hydrogen-bond donors (Lipinski definition) is 0. The summed E-state index contributed by atoms with van der Waals surface area (Å²) in [4.78, 5) is 21.4. The zero-order valence-corrected chi connectivity index (χ0v) is 19.1. The first kappa shape index (κ1) is 21.0. The molecule has 0 aliphatic heterocycles. The van der Waals surface area contributed by atoms with E-state index in [1.54, 1.807) is 23.9 Å². The monoisotopic (exact) mass is 465 g/mol. The van der Waals surface area contributed by atoms with E-state index in [9.17, 15) is 4.79 Å². The lowest BCUT2D eigenvalue weighted by molar-refractivity contribution is -0.116. The maximum Gasteiger partial charge on any atom is 0.239 e. The van der Waals surface area contributed by atoms with Crippen LogP contribution in [0.15, 0.2) is 64.6 Å². The summed E-state index contributed by atoms with van der Waals surface area (Å²) in [6, 6.07) is 13.8. The summed E-state index contributed by atoms with van der Waals surface area (Å²) in [5.74, 6) is 1.09. The number of rotatable bonds is 8. The average Bonchev–Trinajstić information content (AvgIpc) is 3.58. The molecule has 1 aromatic carbocycles. The minimum absolute atomic E-state index is 0.0116. The lowest BCUT2D eigenvalue weighted by Gasteiger charge is -2.20. The van der Waals surface area contributed by atoms with Crippen LogP contribution in [0.2, 0.25) is 0 Å². The quantitative estimate of drug-likeness (QED) is 0.355. The van der Waals surface area contributed by atoms with Gasteiger partial charge >= 0.3 is 0 Å². The van der Waals surface area contributed by atoms with Gasteiger partial charge in [-0.1, -0.05) is 42.1 Å². The molecule has 5 rings (SSSR count). The highest BCUT2D eigenvalue weighted by Crippen LogP contribution is 2.33. The second-order valence-corrected chi connectivity index (χ2v) is 9.65. The Labute approximate surface area is 194 Å². The number of nitrogens with zero attached hydrogens (tertiary/aromatic N) is 5. The summed E-state index contributed by atoms with van der Waals surface area (Å²) in [7, 11) is 0. The number of furan rings is 1. The van der Waals surface area contributed by atoms with Crippen LogP contribution in [-0.4, -0.2) is 31.4 Å². The number of carbonyl (C=O) groups is 1. The third kappa shape index (κ3) is 4.78. The van der Waals surface area contributed by atoms with Gasteiger partial charge in [0.15, 0.2) is 10.3 Å². The van der Waals surface area contributed by atoms with Crippen LogP contribution in [0.25, 0.3) is 0 Å². The highest BCUT2D eigenvalue weighted by molar-refractivity contribution is 7.99. The van der Waals surface area contributed by atoms with Gasteiger partial charge in [0.2, 0.25) is 5.91 Å². The van der Waals surface area contributed by atoms with Crippen LogP contribution < -0.4 is 4.90 Å². The van der Waals surface area contributed by atoms with Crippen LogP contribution in [0.5, 0.6) is 0 Å². The zero-order chi connectivity index (χ0) is 21.8. The third-order valence-electron chi connectivity index (χ3n) is 5.36. The second kappa shape index (κ2) is 9.70. The molecule has 0 N–H and O–H groups in total. The molecule has 0 radical (unpaired) electrons. The van der Waals surface area contributed by atoms with Crippen molar-refractivity contribution < 1.29 is 9.21 Å². The summed E-state index contributed by atoms with van der Waals surface area (Å²) in [5, 5.41) is 9.68. The number of carbonyl (C=O) groups excluding carboxylic acids is 1. The van der Waals surface area contributed by atoms with Gasteiger partial charge in [-0.2, -0.15) is 0 Å². The number of hydrogen-bond acceptors (Lipinski definition) is 7. The van der Waals surface area contributed by atoms with E-state index in [0.717, 1.165) is 35.0 Å². The molecule has 0 saturated carbocycles. The van der Waals surface area contributed by atoms with Crippen molar-refractivity contribution in [3.05, 3.63) is 76.9 Å². The molecular weight excluding hydrogens is 442 g/mol. The van der Waals surface area contributed by atoms with Crippen LogP contribution in [0, 0.1) is 0 Å². The predicted molar refractivity (Wildman–Crippen MR) is 125 cm³/mol. The van der Waals surface area contributed by atoms with Crippen molar-refractivity contribution in [3.63, 3.8) is 0 Å². The number of fused-ring (bicyclic) bond motifs is 1. The van der Waals surface area contributed by atoms with E-state index in [1.165, 1.54) is 29.5 Å². The van der Waals surface area contributed by atoms with Gasteiger partial charge in [0.05, 0.1) is 30.8 Å². The topological polar surface area (TPSA) is 77.0 Å². The molecule has 0 fully saturated rings.